The molecule has 0 saturated carbocycles. The molecule has 0 spiro atoms. The van der Waals surface area contributed by atoms with Crippen molar-refractivity contribution in [1.82, 2.24) is 9.80 Å². The Hall–Kier alpha value is -4.93. The van der Waals surface area contributed by atoms with E-state index in [-0.39, 0.29) is 48.7 Å². The highest BCUT2D eigenvalue weighted by molar-refractivity contribution is 6.07. The topological polar surface area (TPSA) is 120 Å². The van der Waals surface area contributed by atoms with E-state index in [1.807, 2.05) is 74.5 Å². The third-order valence-corrected chi connectivity index (χ3v) is 9.17. The van der Waals surface area contributed by atoms with Crippen LogP contribution in [0.3, 0.4) is 0 Å². The van der Waals surface area contributed by atoms with Crippen LogP contribution in [-0.2, 0) is 4.74 Å². The summed E-state index contributed by atoms with van der Waals surface area (Å²) in [5.74, 6) is -0.244. The van der Waals surface area contributed by atoms with Gasteiger partial charge in [0.2, 0.25) is 0 Å². The molecule has 264 valence electrons. The zero-order chi connectivity index (χ0) is 35.6. The molecule has 1 aliphatic heterocycles. The molecule has 50 heavy (non-hydrogen) atoms. The Morgan fingerprint density at radius 1 is 0.960 bits per heavy atom. The van der Waals surface area contributed by atoms with Crippen LogP contribution in [-0.4, -0.2) is 84.4 Å². The summed E-state index contributed by atoms with van der Waals surface area (Å²) in [6.07, 6.45) is 1.85. The minimum absolute atomic E-state index is 0.109. The van der Waals surface area contributed by atoms with Gasteiger partial charge in [0.25, 0.3) is 11.8 Å². The van der Waals surface area contributed by atoms with Gasteiger partial charge in [-0.2, -0.15) is 0 Å². The Kier molecular flexibility index (Phi) is 12.5. The van der Waals surface area contributed by atoms with E-state index in [0.717, 1.165) is 30.0 Å². The van der Waals surface area contributed by atoms with Crippen molar-refractivity contribution in [2.45, 2.75) is 58.3 Å². The van der Waals surface area contributed by atoms with Crippen molar-refractivity contribution in [3.8, 4) is 5.75 Å². The molecular formula is C40H48N4O6. The number of nitrogens with one attached hydrogen (secondary N) is 2. The Labute approximate surface area is 294 Å². The van der Waals surface area contributed by atoms with Crippen LogP contribution in [0, 0.1) is 5.92 Å². The molecule has 0 aromatic heterocycles. The number of urea groups is 1. The number of amides is 4. The van der Waals surface area contributed by atoms with Crippen molar-refractivity contribution in [1.29, 1.82) is 0 Å². The number of hydrogen-bond donors (Lipinski definition) is 3. The molecule has 0 radical (unpaired) electrons. The number of aliphatic hydroxyl groups excluding tert-OH is 1. The van der Waals surface area contributed by atoms with Gasteiger partial charge in [0, 0.05) is 49.3 Å². The number of likely N-dealkylation sites (N-methyl/N-ethyl adjacent to an activating group) is 1. The van der Waals surface area contributed by atoms with Crippen molar-refractivity contribution in [2.24, 2.45) is 5.92 Å². The first kappa shape index (κ1) is 36.4. The molecule has 0 bridgehead atoms. The number of carbonyl (C=O) groups excluding carboxylic acids is 3. The van der Waals surface area contributed by atoms with E-state index in [0.29, 0.717) is 35.8 Å². The van der Waals surface area contributed by atoms with Crippen molar-refractivity contribution < 1.29 is 29.0 Å². The highest BCUT2D eigenvalue weighted by Crippen LogP contribution is 2.29. The van der Waals surface area contributed by atoms with E-state index in [2.05, 4.69) is 10.6 Å². The maximum atomic E-state index is 14.5. The fraction of sp³-hybridized carbons (Fsp3) is 0.375. The van der Waals surface area contributed by atoms with Gasteiger partial charge in [-0.25, -0.2) is 4.79 Å². The number of ether oxygens (including phenoxy) is 2. The zero-order valence-electron chi connectivity index (χ0n) is 29.3. The van der Waals surface area contributed by atoms with Crippen LogP contribution in [0.25, 0.3) is 10.8 Å². The maximum Gasteiger partial charge on any atom is 0.323 e. The Balaban J connectivity index is 1.40. The summed E-state index contributed by atoms with van der Waals surface area (Å²) in [5.41, 5.74) is 1.95. The van der Waals surface area contributed by atoms with Crippen molar-refractivity contribution in [3.63, 3.8) is 0 Å². The lowest BCUT2D eigenvalue weighted by atomic mass is 10.0. The number of fused-ring (bicyclic) bond motifs is 2. The summed E-state index contributed by atoms with van der Waals surface area (Å²) < 4.78 is 12.7. The number of benzene rings is 4. The van der Waals surface area contributed by atoms with Crippen LogP contribution in [0.4, 0.5) is 16.2 Å². The summed E-state index contributed by atoms with van der Waals surface area (Å²) in [6, 6.07) is 26.7. The molecular weight excluding hydrogens is 632 g/mol. The van der Waals surface area contributed by atoms with Gasteiger partial charge >= 0.3 is 6.03 Å². The third-order valence-electron chi connectivity index (χ3n) is 9.17. The zero-order valence-corrected chi connectivity index (χ0v) is 29.3. The first-order valence-corrected chi connectivity index (χ1v) is 17.3. The van der Waals surface area contributed by atoms with Crippen LogP contribution in [0.15, 0.2) is 91.0 Å². The molecule has 0 unspecified atom stereocenters. The molecule has 0 aliphatic carbocycles. The first-order valence-electron chi connectivity index (χ1n) is 17.3. The van der Waals surface area contributed by atoms with Gasteiger partial charge in [0.15, 0.2) is 0 Å². The highest BCUT2D eigenvalue weighted by atomic mass is 16.5. The van der Waals surface area contributed by atoms with E-state index in [9.17, 15) is 19.5 Å². The molecule has 4 aromatic carbocycles. The average Bonchev–Trinajstić information content (AvgIpc) is 3.12. The normalized spacial score (nSPS) is 19.4. The minimum atomic E-state index is -0.529. The minimum Gasteiger partial charge on any atom is -0.490 e. The third kappa shape index (κ3) is 9.19. The van der Waals surface area contributed by atoms with Crippen LogP contribution < -0.4 is 15.4 Å². The fourth-order valence-corrected chi connectivity index (χ4v) is 6.24. The van der Waals surface area contributed by atoms with E-state index >= 15 is 0 Å². The number of nitrogens with zero attached hydrogens (tertiary/aromatic N) is 2. The summed E-state index contributed by atoms with van der Waals surface area (Å²) >= 11 is 0. The van der Waals surface area contributed by atoms with Crippen LogP contribution >= 0.6 is 0 Å². The SMILES string of the molecule is C[C@@H]1CCCCO[C@@H](CN(C)C(=O)c2ccccc2)[C@H](C)CN([C@@H](C)CO)C(=O)c2cc(NC(=O)Nc3cccc4ccccc34)ccc2O1. The summed E-state index contributed by atoms with van der Waals surface area (Å²) in [4.78, 5) is 44.2. The molecule has 4 atom stereocenters. The molecule has 3 N–H and O–H groups in total. The Morgan fingerprint density at radius 2 is 1.70 bits per heavy atom. The maximum absolute atomic E-state index is 14.5. The second-order valence-electron chi connectivity index (χ2n) is 13.2. The fourth-order valence-electron chi connectivity index (χ4n) is 6.24. The lowest BCUT2D eigenvalue weighted by Crippen LogP contribution is -2.48. The van der Waals surface area contributed by atoms with Gasteiger partial charge < -0.3 is 35.0 Å². The van der Waals surface area contributed by atoms with Gasteiger partial charge in [0.05, 0.1) is 36.1 Å². The number of aliphatic hydroxyl groups is 1. The lowest BCUT2D eigenvalue weighted by molar-refractivity contribution is -0.0149. The number of hydrogen-bond acceptors (Lipinski definition) is 6. The molecule has 10 heteroatoms. The predicted molar refractivity (Wildman–Crippen MR) is 197 cm³/mol. The van der Waals surface area contributed by atoms with Gasteiger partial charge in [0.1, 0.15) is 5.75 Å². The van der Waals surface area contributed by atoms with Gasteiger partial charge in [-0.05, 0) is 74.9 Å². The van der Waals surface area contributed by atoms with E-state index < -0.39 is 12.1 Å². The molecule has 10 nitrogen and oxygen atoms in total. The van der Waals surface area contributed by atoms with Gasteiger partial charge in [-0.1, -0.05) is 61.5 Å². The lowest BCUT2D eigenvalue weighted by Gasteiger charge is -2.36. The van der Waals surface area contributed by atoms with E-state index in [1.54, 1.807) is 54.1 Å². The Morgan fingerprint density at radius 3 is 2.48 bits per heavy atom. The van der Waals surface area contributed by atoms with Crippen molar-refractivity contribution in [2.75, 3.05) is 44.0 Å². The standard InChI is InChI=1S/C40H48N4O6/c1-27-24-44(28(2)26-45)39(47)34-23-32(41-40(48)42-35-19-12-17-30-14-8-9-18-33(30)35)20-21-36(34)50-29(3)13-10-11-22-49-37(27)25-43(4)38(46)31-15-6-5-7-16-31/h5-9,12,14-21,23,27-29,37,45H,10-11,13,22,24-26H2,1-4H3,(H2,41,42,48)/t27-,28+,29-,37+/m1/s1. The molecule has 1 heterocycles. The van der Waals surface area contributed by atoms with Gasteiger partial charge in [-0.15, -0.1) is 0 Å². The predicted octanol–water partition coefficient (Wildman–Crippen LogP) is 7.05. The van der Waals surface area contributed by atoms with Crippen LogP contribution in [0.1, 0.15) is 60.7 Å². The molecule has 5 rings (SSSR count). The number of carbonyl (C=O) groups is 3. The highest BCUT2D eigenvalue weighted by Gasteiger charge is 2.31. The molecule has 1 aliphatic rings. The summed E-state index contributed by atoms with van der Waals surface area (Å²) in [6.45, 7) is 6.59. The average molecular weight is 681 g/mol. The molecule has 4 amide bonds. The quantitative estimate of drug-likeness (QED) is 0.192. The van der Waals surface area contributed by atoms with E-state index in [4.69, 9.17) is 9.47 Å². The largest absolute Gasteiger partial charge is 0.490 e. The number of anilines is 2. The van der Waals surface area contributed by atoms with Crippen molar-refractivity contribution in [3.05, 3.63) is 102 Å². The summed E-state index contributed by atoms with van der Waals surface area (Å²) in [7, 11) is 1.76. The number of rotatable bonds is 7. The summed E-state index contributed by atoms with van der Waals surface area (Å²) in [5, 5.41) is 18.0. The molecule has 0 fully saturated rings. The molecule has 4 aromatic rings. The second kappa shape index (κ2) is 17.1. The second-order valence-corrected chi connectivity index (χ2v) is 13.2. The monoisotopic (exact) mass is 680 g/mol. The van der Waals surface area contributed by atoms with Gasteiger partial charge in [-0.3, -0.25) is 9.59 Å². The van der Waals surface area contributed by atoms with Crippen LogP contribution in [0.2, 0.25) is 0 Å². The van der Waals surface area contributed by atoms with Crippen LogP contribution in [0.5, 0.6) is 5.75 Å². The smallest absolute Gasteiger partial charge is 0.323 e. The van der Waals surface area contributed by atoms with E-state index in [1.165, 1.54) is 0 Å². The van der Waals surface area contributed by atoms with Crippen molar-refractivity contribution >= 4 is 40.0 Å². The molecule has 0 saturated heterocycles. The Bertz CT molecular complexity index is 1760. The first-order chi connectivity index (χ1) is 24.1.